The van der Waals surface area contributed by atoms with Gasteiger partial charge in [-0.2, -0.15) is 0 Å². The van der Waals surface area contributed by atoms with E-state index >= 15 is 0 Å². The standard InChI is InChI=1S/C29H22N6O6/c1-40-29(39)19-7-8-23-21(14-19)34-27(41-23)25(37)22(13-17-5-3-2-4-6-17)33-24(36)16-35-26(18-9-11-31-12-10-18)32-15-20(30)28(35)38/h2-15H,16,30H2,1H3,(H,33,36). The van der Waals surface area contributed by atoms with Crippen molar-refractivity contribution >= 4 is 40.5 Å². The van der Waals surface area contributed by atoms with Crippen molar-refractivity contribution in [3.05, 3.63) is 112 Å². The molecule has 0 radical (unpaired) electrons. The van der Waals surface area contributed by atoms with Gasteiger partial charge >= 0.3 is 5.97 Å². The number of rotatable bonds is 8. The van der Waals surface area contributed by atoms with Crippen molar-refractivity contribution in [2.45, 2.75) is 6.54 Å². The minimum Gasteiger partial charge on any atom is -0.465 e. The summed E-state index contributed by atoms with van der Waals surface area (Å²) in [4.78, 5) is 64.0. The second-order valence-electron chi connectivity index (χ2n) is 8.70. The number of ketones is 1. The number of hydrogen-bond acceptors (Lipinski definition) is 10. The first kappa shape index (κ1) is 26.7. The van der Waals surface area contributed by atoms with Gasteiger partial charge in [0.2, 0.25) is 5.91 Å². The van der Waals surface area contributed by atoms with Crippen molar-refractivity contribution in [1.29, 1.82) is 0 Å². The average Bonchev–Trinajstić information content (AvgIpc) is 3.43. The summed E-state index contributed by atoms with van der Waals surface area (Å²) in [6, 6.07) is 16.5. The molecule has 0 saturated carbocycles. The lowest BCUT2D eigenvalue weighted by Crippen LogP contribution is -2.35. The predicted octanol–water partition coefficient (Wildman–Crippen LogP) is 2.86. The summed E-state index contributed by atoms with van der Waals surface area (Å²) in [5.74, 6) is -2.12. The molecule has 3 heterocycles. The highest BCUT2D eigenvalue weighted by molar-refractivity contribution is 6.11. The quantitative estimate of drug-likeness (QED) is 0.166. The zero-order chi connectivity index (χ0) is 28.9. The summed E-state index contributed by atoms with van der Waals surface area (Å²) in [5, 5.41) is 2.58. The minimum absolute atomic E-state index is 0.149. The summed E-state index contributed by atoms with van der Waals surface area (Å²) in [7, 11) is 1.25. The van der Waals surface area contributed by atoms with Crippen LogP contribution in [0.2, 0.25) is 0 Å². The maximum Gasteiger partial charge on any atom is 0.337 e. The molecule has 0 aliphatic carbocycles. The maximum absolute atomic E-state index is 13.6. The van der Waals surface area contributed by atoms with Crippen molar-refractivity contribution in [2.24, 2.45) is 0 Å². The third-order valence-electron chi connectivity index (χ3n) is 5.95. The Labute approximate surface area is 232 Å². The van der Waals surface area contributed by atoms with Crippen LogP contribution in [-0.4, -0.2) is 44.3 Å². The lowest BCUT2D eigenvalue weighted by molar-refractivity contribution is -0.120. The van der Waals surface area contributed by atoms with Gasteiger partial charge in [0, 0.05) is 18.0 Å². The summed E-state index contributed by atoms with van der Waals surface area (Å²) in [6.07, 6.45) is 5.72. The smallest absolute Gasteiger partial charge is 0.337 e. The molecule has 0 aliphatic rings. The van der Waals surface area contributed by atoms with Crippen LogP contribution in [0.15, 0.2) is 94.2 Å². The van der Waals surface area contributed by atoms with Gasteiger partial charge in [0.25, 0.3) is 17.2 Å². The third kappa shape index (κ3) is 5.76. The molecule has 0 saturated heterocycles. The van der Waals surface area contributed by atoms with Gasteiger partial charge in [0.05, 0.1) is 24.6 Å². The number of aromatic nitrogens is 4. The normalized spacial score (nSPS) is 11.3. The van der Waals surface area contributed by atoms with Crippen LogP contribution >= 0.6 is 0 Å². The van der Waals surface area contributed by atoms with Gasteiger partial charge in [0.1, 0.15) is 23.6 Å². The molecule has 0 aliphatic heterocycles. The first-order chi connectivity index (χ1) is 19.8. The van der Waals surface area contributed by atoms with Crippen LogP contribution < -0.4 is 16.6 Å². The minimum atomic E-state index is -0.731. The van der Waals surface area contributed by atoms with Gasteiger partial charge in [-0.1, -0.05) is 30.3 Å². The lowest BCUT2D eigenvalue weighted by atomic mass is 10.1. The van der Waals surface area contributed by atoms with Crippen LogP contribution in [0.3, 0.4) is 0 Å². The maximum atomic E-state index is 13.6. The Hall–Kier alpha value is -5.91. The van der Waals surface area contributed by atoms with E-state index in [1.54, 1.807) is 42.5 Å². The number of esters is 1. The summed E-state index contributed by atoms with van der Waals surface area (Å²) in [6.45, 7) is -0.496. The number of nitrogens with one attached hydrogen (secondary N) is 1. The second kappa shape index (κ2) is 11.5. The molecule has 5 aromatic rings. The molecule has 5 rings (SSSR count). The third-order valence-corrected chi connectivity index (χ3v) is 5.95. The highest BCUT2D eigenvalue weighted by atomic mass is 16.5. The van der Waals surface area contributed by atoms with Gasteiger partial charge in [-0.3, -0.25) is 23.9 Å². The Morgan fingerprint density at radius 3 is 2.56 bits per heavy atom. The van der Waals surface area contributed by atoms with E-state index in [0.717, 1.165) is 4.57 Å². The number of carbonyl (C=O) groups is 3. The Morgan fingerprint density at radius 1 is 1.07 bits per heavy atom. The molecule has 12 nitrogen and oxygen atoms in total. The van der Waals surface area contributed by atoms with Crippen molar-refractivity contribution in [1.82, 2.24) is 24.8 Å². The number of nitrogens with zero attached hydrogens (tertiary/aromatic N) is 4. The molecule has 0 atom stereocenters. The Morgan fingerprint density at radius 2 is 1.83 bits per heavy atom. The number of carbonyl (C=O) groups excluding carboxylic acids is 3. The number of anilines is 1. The Kier molecular flexibility index (Phi) is 7.45. The SMILES string of the molecule is COC(=O)c1ccc2oc(C(=O)C(=Cc3ccccc3)NC(=O)Cn3c(-c4ccncc4)ncc(N)c3=O)nc2c1. The lowest BCUT2D eigenvalue weighted by Gasteiger charge is -2.13. The molecular formula is C29H22N6O6. The summed E-state index contributed by atoms with van der Waals surface area (Å²) in [5.41, 5.74) is 6.75. The molecule has 0 spiro atoms. The fraction of sp³-hybridized carbons (Fsp3) is 0.0690. The first-order valence-corrected chi connectivity index (χ1v) is 12.2. The van der Waals surface area contributed by atoms with Gasteiger partial charge in [0.15, 0.2) is 5.58 Å². The fourth-order valence-corrected chi connectivity index (χ4v) is 3.98. The van der Waals surface area contributed by atoms with Crippen LogP contribution in [0.25, 0.3) is 28.6 Å². The number of benzene rings is 2. The molecule has 1 amide bonds. The number of Topliss-reactive ketones (excluding diaryl/α,β-unsaturated/α-hetero) is 1. The van der Waals surface area contributed by atoms with E-state index < -0.39 is 29.8 Å². The molecule has 12 heteroatoms. The highest BCUT2D eigenvalue weighted by Crippen LogP contribution is 2.21. The molecule has 3 aromatic heterocycles. The highest BCUT2D eigenvalue weighted by Gasteiger charge is 2.23. The summed E-state index contributed by atoms with van der Waals surface area (Å²) < 4.78 is 11.5. The average molecular weight is 551 g/mol. The van der Waals surface area contributed by atoms with E-state index in [1.165, 1.54) is 50.0 Å². The van der Waals surface area contributed by atoms with Crippen molar-refractivity contribution in [2.75, 3.05) is 12.8 Å². The fourth-order valence-electron chi connectivity index (χ4n) is 3.98. The largest absolute Gasteiger partial charge is 0.465 e. The van der Waals surface area contributed by atoms with E-state index in [1.807, 2.05) is 0 Å². The van der Waals surface area contributed by atoms with Crippen molar-refractivity contribution in [3.63, 3.8) is 0 Å². The topological polar surface area (TPSA) is 172 Å². The van der Waals surface area contributed by atoms with Crippen LogP contribution in [-0.2, 0) is 16.1 Å². The van der Waals surface area contributed by atoms with E-state index in [9.17, 15) is 19.2 Å². The van der Waals surface area contributed by atoms with Gasteiger partial charge in [-0.25, -0.2) is 14.8 Å². The number of nitrogen functional groups attached to an aromatic ring is 1. The van der Waals surface area contributed by atoms with Crippen molar-refractivity contribution in [3.8, 4) is 11.4 Å². The van der Waals surface area contributed by atoms with E-state index in [-0.39, 0.29) is 39.8 Å². The predicted molar refractivity (Wildman–Crippen MR) is 148 cm³/mol. The number of methoxy groups -OCH3 is 1. The second-order valence-corrected chi connectivity index (χ2v) is 8.70. The number of nitrogens with two attached hydrogens (primary N) is 1. The Bertz CT molecular complexity index is 1860. The number of fused-ring (bicyclic) bond motifs is 1. The van der Waals surface area contributed by atoms with Gasteiger partial charge in [-0.15, -0.1) is 0 Å². The van der Waals surface area contributed by atoms with E-state index in [2.05, 4.69) is 20.3 Å². The zero-order valence-electron chi connectivity index (χ0n) is 21.6. The van der Waals surface area contributed by atoms with Gasteiger partial charge in [-0.05, 0) is 42.0 Å². The molecule has 2 aromatic carbocycles. The molecule has 204 valence electrons. The van der Waals surface area contributed by atoms with Gasteiger partial charge < -0.3 is 20.2 Å². The van der Waals surface area contributed by atoms with E-state index in [0.29, 0.717) is 11.1 Å². The monoisotopic (exact) mass is 550 g/mol. The molecule has 0 unspecified atom stereocenters. The molecular weight excluding hydrogens is 528 g/mol. The van der Waals surface area contributed by atoms with Crippen LogP contribution in [0.1, 0.15) is 26.6 Å². The van der Waals surface area contributed by atoms with Crippen LogP contribution in [0, 0.1) is 0 Å². The number of oxazole rings is 1. The Balaban J connectivity index is 1.49. The number of amides is 1. The van der Waals surface area contributed by atoms with Crippen molar-refractivity contribution < 1.29 is 23.5 Å². The molecule has 0 bridgehead atoms. The van der Waals surface area contributed by atoms with E-state index in [4.69, 9.17) is 14.9 Å². The molecule has 3 N–H and O–H groups in total. The zero-order valence-corrected chi connectivity index (χ0v) is 21.6. The molecule has 41 heavy (non-hydrogen) atoms. The number of ether oxygens (including phenoxy) is 1. The number of pyridine rings is 1. The molecule has 0 fully saturated rings. The van der Waals surface area contributed by atoms with Crippen LogP contribution in [0.4, 0.5) is 5.69 Å². The first-order valence-electron chi connectivity index (χ1n) is 12.2. The number of hydrogen-bond donors (Lipinski definition) is 2. The summed E-state index contributed by atoms with van der Waals surface area (Å²) >= 11 is 0. The number of allylic oxidation sites excluding steroid dienone is 1. The van der Waals surface area contributed by atoms with Crippen LogP contribution in [0.5, 0.6) is 0 Å².